The van der Waals surface area contributed by atoms with E-state index in [0.29, 0.717) is 11.6 Å². The second-order valence-electron chi connectivity index (χ2n) is 4.96. The quantitative estimate of drug-likeness (QED) is 0.809. The van der Waals surface area contributed by atoms with Crippen LogP contribution in [0.15, 0.2) is 18.3 Å². The average molecular weight is 279 g/mol. The predicted molar refractivity (Wildman–Crippen MR) is 73.6 cm³/mol. The number of carbonyl (C=O) groups excluding carboxylic acids is 2. The highest BCUT2D eigenvalue weighted by Crippen LogP contribution is 2.26. The van der Waals surface area contributed by atoms with Gasteiger partial charge in [-0.1, -0.05) is 0 Å². The minimum Gasteiger partial charge on any atom is -0.348 e. The monoisotopic (exact) mass is 279 g/mol. The summed E-state index contributed by atoms with van der Waals surface area (Å²) in [7, 11) is 0. The molecule has 2 amide bonds. The van der Waals surface area contributed by atoms with Gasteiger partial charge >= 0.3 is 0 Å². The third kappa shape index (κ3) is 2.25. The molecule has 0 radical (unpaired) electrons. The first-order chi connectivity index (χ1) is 9.16. The summed E-state index contributed by atoms with van der Waals surface area (Å²) in [5, 5.41) is 0. The van der Waals surface area contributed by atoms with Crippen LogP contribution in [0.2, 0.25) is 0 Å². The Balaban J connectivity index is 1.69. The SMILES string of the molecule is C[C@@H]1c2cccn2CCN1C(=O)CN1CSCC1=O. The van der Waals surface area contributed by atoms with Crippen molar-refractivity contribution in [2.24, 2.45) is 0 Å². The Kier molecular flexibility index (Phi) is 3.26. The minimum atomic E-state index is 0.0517. The normalized spacial score (nSPS) is 22.8. The largest absolute Gasteiger partial charge is 0.348 e. The number of aromatic nitrogens is 1. The first-order valence-electron chi connectivity index (χ1n) is 6.47. The maximum Gasteiger partial charge on any atom is 0.242 e. The van der Waals surface area contributed by atoms with Crippen molar-refractivity contribution in [1.29, 1.82) is 0 Å². The molecule has 0 N–H and O–H groups in total. The van der Waals surface area contributed by atoms with Gasteiger partial charge in [0.25, 0.3) is 0 Å². The van der Waals surface area contributed by atoms with E-state index in [1.807, 2.05) is 24.1 Å². The van der Waals surface area contributed by atoms with Crippen LogP contribution in [0, 0.1) is 0 Å². The number of carbonyl (C=O) groups is 2. The molecule has 3 rings (SSSR count). The van der Waals surface area contributed by atoms with Crippen LogP contribution in [-0.2, 0) is 16.1 Å². The highest BCUT2D eigenvalue weighted by Gasteiger charge is 2.30. The lowest BCUT2D eigenvalue weighted by Gasteiger charge is -2.35. The van der Waals surface area contributed by atoms with Crippen molar-refractivity contribution < 1.29 is 9.59 Å². The zero-order chi connectivity index (χ0) is 13.4. The van der Waals surface area contributed by atoms with Gasteiger partial charge in [-0.15, -0.1) is 11.8 Å². The molecule has 0 bridgehead atoms. The summed E-state index contributed by atoms with van der Waals surface area (Å²) in [6, 6.07) is 4.16. The fraction of sp³-hybridized carbons (Fsp3) is 0.538. The van der Waals surface area contributed by atoms with Crippen molar-refractivity contribution >= 4 is 23.6 Å². The van der Waals surface area contributed by atoms with Gasteiger partial charge in [-0.05, 0) is 19.1 Å². The summed E-state index contributed by atoms with van der Waals surface area (Å²) in [6.45, 7) is 3.82. The molecule has 1 atom stereocenters. The topological polar surface area (TPSA) is 45.6 Å². The molecule has 5 nitrogen and oxygen atoms in total. The van der Waals surface area contributed by atoms with Crippen LogP contribution in [0.1, 0.15) is 18.7 Å². The second kappa shape index (κ2) is 4.92. The Hall–Kier alpha value is -1.43. The van der Waals surface area contributed by atoms with Crippen molar-refractivity contribution in [3.05, 3.63) is 24.0 Å². The molecule has 1 saturated heterocycles. The molecule has 1 aromatic heterocycles. The molecule has 0 aliphatic carbocycles. The summed E-state index contributed by atoms with van der Waals surface area (Å²) >= 11 is 1.57. The van der Waals surface area contributed by atoms with Crippen LogP contribution in [-0.4, -0.2) is 50.9 Å². The molecular formula is C13H17N3O2S. The number of rotatable bonds is 2. The van der Waals surface area contributed by atoms with E-state index in [0.717, 1.165) is 13.1 Å². The summed E-state index contributed by atoms with van der Waals surface area (Å²) in [4.78, 5) is 27.4. The van der Waals surface area contributed by atoms with Gasteiger partial charge in [-0.3, -0.25) is 9.59 Å². The van der Waals surface area contributed by atoms with E-state index in [-0.39, 0.29) is 24.4 Å². The first-order valence-corrected chi connectivity index (χ1v) is 7.62. The van der Waals surface area contributed by atoms with Crippen LogP contribution in [0.4, 0.5) is 0 Å². The maximum absolute atomic E-state index is 12.4. The molecule has 0 spiro atoms. The molecule has 0 aromatic carbocycles. The lowest BCUT2D eigenvalue weighted by atomic mass is 10.1. The molecule has 3 heterocycles. The van der Waals surface area contributed by atoms with Crippen LogP contribution < -0.4 is 0 Å². The van der Waals surface area contributed by atoms with Crippen molar-refractivity contribution in [2.45, 2.75) is 19.5 Å². The maximum atomic E-state index is 12.4. The number of hydrogen-bond acceptors (Lipinski definition) is 3. The molecule has 19 heavy (non-hydrogen) atoms. The minimum absolute atomic E-state index is 0.0517. The highest BCUT2D eigenvalue weighted by molar-refractivity contribution is 8.00. The Bertz CT molecular complexity index is 514. The smallest absolute Gasteiger partial charge is 0.242 e. The van der Waals surface area contributed by atoms with E-state index in [9.17, 15) is 9.59 Å². The van der Waals surface area contributed by atoms with Crippen molar-refractivity contribution in [3.63, 3.8) is 0 Å². The Labute approximate surface area is 116 Å². The van der Waals surface area contributed by atoms with E-state index in [1.54, 1.807) is 16.7 Å². The molecular weight excluding hydrogens is 262 g/mol. The molecule has 2 aliphatic heterocycles. The third-order valence-electron chi connectivity index (χ3n) is 3.81. The summed E-state index contributed by atoms with van der Waals surface area (Å²) in [5.74, 6) is 1.27. The number of amides is 2. The van der Waals surface area contributed by atoms with Crippen LogP contribution in [0.5, 0.6) is 0 Å². The third-order valence-corrected chi connectivity index (χ3v) is 4.76. The lowest BCUT2D eigenvalue weighted by molar-refractivity contribution is -0.140. The molecule has 6 heteroatoms. The number of thioether (sulfide) groups is 1. The average Bonchev–Trinajstić information content (AvgIpc) is 3.00. The van der Waals surface area contributed by atoms with E-state index in [2.05, 4.69) is 10.6 Å². The summed E-state index contributed by atoms with van der Waals surface area (Å²) in [6.07, 6.45) is 2.05. The summed E-state index contributed by atoms with van der Waals surface area (Å²) < 4.78 is 2.19. The molecule has 2 aliphatic rings. The Morgan fingerprint density at radius 3 is 3.05 bits per heavy atom. The second-order valence-corrected chi connectivity index (χ2v) is 5.91. The van der Waals surface area contributed by atoms with Gasteiger partial charge in [0, 0.05) is 25.0 Å². The number of nitrogens with zero attached hydrogens (tertiary/aromatic N) is 3. The van der Waals surface area contributed by atoms with Crippen molar-refractivity contribution in [3.8, 4) is 0 Å². The van der Waals surface area contributed by atoms with Gasteiger partial charge in [-0.25, -0.2) is 0 Å². The number of hydrogen-bond donors (Lipinski definition) is 0. The molecule has 1 fully saturated rings. The Morgan fingerprint density at radius 1 is 1.47 bits per heavy atom. The highest BCUT2D eigenvalue weighted by atomic mass is 32.2. The van der Waals surface area contributed by atoms with E-state index < -0.39 is 0 Å². The van der Waals surface area contributed by atoms with Crippen molar-refractivity contribution in [2.75, 3.05) is 24.7 Å². The van der Waals surface area contributed by atoms with Gasteiger partial charge < -0.3 is 14.4 Å². The van der Waals surface area contributed by atoms with Crippen LogP contribution >= 0.6 is 11.8 Å². The molecule has 1 aromatic rings. The first kappa shape index (κ1) is 12.6. The zero-order valence-corrected chi connectivity index (χ0v) is 11.7. The fourth-order valence-corrected chi connectivity index (χ4v) is 3.62. The van der Waals surface area contributed by atoms with Gasteiger partial charge in [0.05, 0.1) is 17.7 Å². The molecule has 0 saturated carbocycles. The number of fused-ring (bicyclic) bond motifs is 1. The lowest BCUT2D eigenvalue weighted by Crippen LogP contribution is -2.46. The fourth-order valence-electron chi connectivity index (χ4n) is 2.71. The van der Waals surface area contributed by atoms with Crippen molar-refractivity contribution in [1.82, 2.24) is 14.4 Å². The van der Waals surface area contributed by atoms with Gasteiger partial charge in [-0.2, -0.15) is 0 Å². The van der Waals surface area contributed by atoms with Gasteiger partial charge in [0.15, 0.2) is 0 Å². The van der Waals surface area contributed by atoms with Crippen LogP contribution in [0.3, 0.4) is 0 Å². The van der Waals surface area contributed by atoms with E-state index in [4.69, 9.17) is 0 Å². The van der Waals surface area contributed by atoms with E-state index in [1.165, 1.54) is 5.69 Å². The standard InChI is InChI=1S/C13H17N3O2S/c1-10-11-3-2-4-14(11)5-6-16(10)12(17)7-15-9-19-8-13(15)18/h2-4,10H,5-9H2,1H3/t10-/m1/s1. The zero-order valence-electron chi connectivity index (χ0n) is 10.9. The summed E-state index contributed by atoms with van der Waals surface area (Å²) in [5.41, 5.74) is 1.17. The van der Waals surface area contributed by atoms with Gasteiger partial charge in [0.1, 0.15) is 6.54 Å². The molecule has 0 unspecified atom stereocenters. The van der Waals surface area contributed by atoms with E-state index >= 15 is 0 Å². The predicted octanol–water partition coefficient (Wildman–Crippen LogP) is 0.924. The Morgan fingerprint density at radius 2 is 2.32 bits per heavy atom. The molecule has 102 valence electrons. The van der Waals surface area contributed by atoms with Crippen LogP contribution in [0.25, 0.3) is 0 Å². The van der Waals surface area contributed by atoms with Gasteiger partial charge in [0.2, 0.25) is 11.8 Å².